The molecule has 0 aromatic carbocycles. The number of nitrogens with zero attached hydrogens (tertiary/aromatic N) is 2. The Labute approximate surface area is 112 Å². The quantitative estimate of drug-likeness (QED) is 0.822. The fourth-order valence-corrected chi connectivity index (χ4v) is 2.33. The molecule has 1 unspecified atom stereocenters. The number of hydrogen-bond acceptors (Lipinski definition) is 3. The molecule has 1 aromatic rings. The Bertz CT molecular complexity index is 510. The third-order valence-corrected chi connectivity index (χ3v) is 3.54. The van der Waals surface area contributed by atoms with Gasteiger partial charge in [-0.25, -0.2) is 0 Å². The minimum absolute atomic E-state index is 0.0736. The predicted molar refractivity (Wildman–Crippen MR) is 72.3 cm³/mol. The van der Waals surface area contributed by atoms with Crippen LogP contribution in [0, 0.1) is 0 Å². The average molecular weight is 264 g/mol. The molecule has 5 heteroatoms. The second-order valence-electron chi connectivity index (χ2n) is 4.68. The SMILES string of the molecule is CCC1COCCN1C(=O)c1ccn(CC)c(=O)c1. The third-order valence-electron chi connectivity index (χ3n) is 3.54. The third kappa shape index (κ3) is 2.87. The van der Waals surface area contributed by atoms with Crippen molar-refractivity contribution in [2.45, 2.75) is 32.9 Å². The molecular formula is C14H20N2O3. The van der Waals surface area contributed by atoms with Gasteiger partial charge in [0.15, 0.2) is 0 Å². The molecule has 1 atom stereocenters. The van der Waals surface area contributed by atoms with E-state index in [4.69, 9.17) is 4.74 Å². The van der Waals surface area contributed by atoms with E-state index in [1.807, 2.05) is 18.7 Å². The second kappa shape index (κ2) is 6.02. The molecule has 0 spiro atoms. The van der Waals surface area contributed by atoms with Crippen LogP contribution < -0.4 is 5.56 Å². The molecule has 1 aromatic heterocycles. The molecule has 0 radical (unpaired) electrons. The molecule has 0 bridgehead atoms. The van der Waals surface area contributed by atoms with Crippen molar-refractivity contribution >= 4 is 5.91 Å². The zero-order valence-electron chi connectivity index (χ0n) is 11.5. The van der Waals surface area contributed by atoms with Crippen molar-refractivity contribution in [3.05, 3.63) is 34.2 Å². The van der Waals surface area contributed by atoms with Crippen LogP contribution in [0.2, 0.25) is 0 Å². The van der Waals surface area contributed by atoms with Crippen LogP contribution in [-0.4, -0.2) is 41.2 Å². The van der Waals surface area contributed by atoms with Gasteiger partial charge in [0, 0.05) is 30.9 Å². The summed E-state index contributed by atoms with van der Waals surface area (Å²) in [5, 5.41) is 0. The maximum absolute atomic E-state index is 12.4. The Morgan fingerprint density at radius 1 is 1.47 bits per heavy atom. The van der Waals surface area contributed by atoms with Crippen molar-refractivity contribution < 1.29 is 9.53 Å². The fourth-order valence-electron chi connectivity index (χ4n) is 2.33. The van der Waals surface area contributed by atoms with Crippen molar-refractivity contribution in [1.82, 2.24) is 9.47 Å². The molecule has 0 aliphatic carbocycles. The van der Waals surface area contributed by atoms with Gasteiger partial charge in [-0.2, -0.15) is 0 Å². The van der Waals surface area contributed by atoms with Gasteiger partial charge in [0.2, 0.25) is 0 Å². The Balaban J connectivity index is 2.23. The number of morpholine rings is 1. The van der Waals surface area contributed by atoms with Gasteiger partial charge in [-0.3, -0.25) is 9.59 Å². The number of pyridine rings is 1. The molecule has 0 N–H and O–H groups in total. The smallest absolute Gasteiger partial charge is 0.254 e. The zero-order valence-corrected chi connectivity index (χ0v) is 11.5. The van der Waals surface area contributed by atoms with E-state index in [2.05, 4.69) is 0 Å². The first-order valence-corrected chi connectivity index (χ1v) is 6.76. The van der Waals surface area contributed by atoms with Crippen LogP contribution in [0.4, 0.5) is 0 Å². The standard InChI is InChI=1S/C14H20N2O3/c1-3-12-10-19-8-7-16(12)14(18)11-5-6-15(4-2)13(17)9-11/h5-6,9,12H,3-4,7-8,10H2,1-2H3. The van der Waals surface area contributed by atoms with Crippen LogP contribution in [0.25, 0.3) is 0 Å². The van der Waals surface area contributed by atoms with Gasteiger partial charge < -0.3 is 14.2 Å². The van der Waals surface area contributed by atoms with Crippen molar-refractivity contribution in [1.29, 1.82) is 0 Å². The molecule has 1 saturated heterocycles. The molecular weight excluding hydrogens is 244 g/mol. The summed E-state index contributed by atoms with van der Waals surface area (Å²) in [5.41, 5.74) is 0.338. The summed E-state index contributed by atoms with van der Waals surface area (Å²) in [6.07, 6.45) is 2.54. The topological polar surface area (TPSA) is 51.5 Å². The average Bonchev–Trinajstić information content (AvgIpc) is 2.46. The number of hydrogen-bond donors (Lipinski definition) is 0. The monoisotopic (exact) mass is 264 g/mol. The summed E-state index contributed by atoms with van der Waals surface area (Å²) in [7, 11) is 0. The number of aryl methyl sites for hydroxylation is 1. The minimum Gasteiger partial charge on any atom is -0.377 e. The van der Waals surface area contributed by atoms with E-state index < -0.39 is 0 Å². The summed E-state index contributed by atoms with van der Waals surface area (Å²) in [5.74, 6) is -0.0736. The first-order valence-electron chi connectivity index (χ1n) is 6.76. The van der Waals surface area contributed by atoms with E-state index in [-0.39, 0.29) is 17.5 Å². The molecule has 104 valence electrons. The van der Waals surface area contributed by atoms with Crippen LogP contribution in [0.1, 0.15) is 30.6 Å². The molecule has 1 amide bonds. The lowest BCUT2D eigenvalue weighted by atomic mass is 10.1. The predicted octanol–water partition coefficient (Wildman–Crippen LogP) is 1.12. The normalized spacial score (nSPS) is 19.5. The molecule has 2 rings (SSSR count). The van der Waals surface area contributed by atoms with Crippen LogP contribution in [0.15, 0.2) is 23.1 Å². The Morgan fingerprint density at radius 3 is 2.89 bits per heavy atom. The van der Waals surface area contributed by atoms with Crippen LogP contribution >= 0.6 is 0 Å². The van der Waals surface area contributed by atoms with E-state index in [1.165, 1.54) is 6.07 Å². The van der Waals surface area contributed by atoms with E-state index >= 15 is 0 Å². The van der Waals surface area contributed by atoms with E-state index in [9.17, 15) is 9.59 Å². The molecule has 0 saturated carbocycles. The molecule has 19 heavy (non-hydrogen) atoms. The maximum Gasteiger partial charge on any atom is 0.254 e. The van der Waals surface area contributed by atoms with Gasteiger partial charge in [0.05, 0.1) is 19.3 Å². The number of carbonyl (C=O) groups excluding carboxylic acids is 1. The first-order chi connectivity index (χ1) is 9.17. The molecule has 1 aliphatic rings. The van der Waals surface area contributed by atoms with Gasteiger partial charge in [-0.1, -0.05) is 6.92 Å². The number of ether oxygens (including phenoxy) is 1. The fraction of sp³-hybridized carbons (Fsp3) is 0.571. The van der Waals surface area contributed by atoms with E-state index in [0.29, 0.717) is 31.9 Å². The maximum atomic E-state index is 12.4. The highest BCUT2D eigenvalue weighted by Crippen LogP contribution is 2.14. The lowest BCUT2D eigenvalue weighted by Gasteiger charge is -2.35. The first kappa shape index (κ1) is 13.8. The van der Waals surface area contributed by atoms with Gasteiger partial charge in [0.25, 0.3) is 11.5 Å². The summed E-state index contributed by atoms with van der Waals surface area (Å²) >= 11 is 0. The number of rotatable bonds is 3. The van der Waals surface area contributed by atoms with Gasteiger partial charge in [0.1, 0.15) is 0 Å². The molecule has 1 aliphatic heterocycles. The van der Waals surface area contributed by atoms with Crippen molar-refractivity contribution in [3.8, 4) is 0 Å². The Morgan fingerprint density at radius 2 is 2.26 bits per heavy atom. The Kier molecular flexibility index (Phi) is 4.37. The zero-order chi connectivity index (χ0) is 13.8. The molecule has 2 heterocycles. The van der Waals surface area contributed by atoms with Crippen LogP contribution in [0.5, 0.6) is 0 Å². The Hall–Kier alpha value is -1.62. The minimum atomic E-state index is -0.130. The summed E-state index contributed by atoms with van der Waals surface area (Å²) in [6.45, 7) is 6.28. The van der Waals surface area contributed by atoms with E-state index in [1.54, 1.807) is 16.8 Å². The highest BCUT2D eigenvalue weighted by Gasteiger charge is 2.26. The summed E-state index contributed by atoms with van der Waals surface area (Å²) in [4.78, 5) is 26.0. The van der Waals surface area contributed by atoms with Gasteiger partial charge >= 0.3 is 0 Å². The van der Waals surface area contributed by atoms with Crippen molar-refractivity contribution in [2.24, 2.45) is 0 Å². The molecule has 1 fully saturated rings. The van der Waals surface area contributed by atoms with Crippen molar-refractivity contribution in [3.63, 3.8) is 0 Å². The lowest BCUT2D eigenvalue weighted by Crippen LogP contribution is -2.48. The van der Waals surface area contributed by atoms with Crippen LogP contribution in [0.3, 0.4) is 0 Å². The summed E-state index contributed by atoms with van der Waals surface area (Å²) in [6, 6.07) is 3.25. The second-order valence-corrected chi connectivity index (χ2v) is 4.68. The largest absolute Gasteiger partial charge is 0.377 e. The van der Waals surface area contributed by atoms with Crippen molar-refractivity contribution in [2.75, 3.05) is 19.8 Å². The number of carbonyl (C=O) groups is 1. The van der Waals surface area contributed by atoms with Gasteiger partial charge in [-0.15, -0.1) is 0 Å². The number of aromatic nitrogens is 1. The van der Waals surface area contributed by atoms with Gasteiger partial charge in [-0.05, 0) is 19.4 Å². The molecule has 5 nitrogen and oxygen atoms in total. The number of amides is 1. The summed E-state index contributed by atoms with van der Waals surface area (Å²) < 4.78 is 6.97. The van der Waals surface area contributed by atoms with E-state index in [0.717, 1.165) is 6.42 Å². The lowest BCUT2D eigenvalue weighted by molar-refractivity contribution is -0.00281. The highest BCUT2D eigenvalue weighted by atomic mass is 16.5. The van der Waals surface area contributed by atoms with Crippen LogP contribution in [-0.2, 0) is 11.3 Å². The highest BCUT2D eigenvalue weighted by molar-refractivity contribution is 5.94.